The average molecular weight is 461 g/mol. The Morgan fingerprint density at radius 1 is 0.935 bits per heavy atom. The summed E-state index contributed by atoms with van der Waals surface area (Å²) in [6, 6.07) is 18.1. The lowest BCUT2D eigenvalue weighted by molar-refractivity contribution is 1.08. The van der Waals surface area contributed by atoms with Gasteiger partial charge in [-0.05, 0) is 71.6 Å². The van der Waals surface area contributed by atoms with E-state index in [1.165, 1.54) is 9.75 Å². The van der Waals surface area contributed by atoms with Gasteiger partial charge in [0, 0.05) is 44.0 Å². The van der Waals surface area contributed by atoms with Gasteiger partial charge in [-0.3, -0.25) is 4.98 Å². The first-order valence-electron chi connectivity index (χ1n) is 9.66. The molecule has 5 rings (SSSR count). The van der Waals surface area contributed by atoms with Crippen LogP contribution in [0.5, 0.6) is 0 Å². The Morgan fingerprint density at radius 3 is 2.68 bits per heavy atom. The molecule has 152 valence electrons. The summed E-state index contributed by atoms with van der Waals surface area (Å²) < 4.78 is 0. The highest BCUT2D eigenvalue weighted by atomic mass is 35.5. The zero-order valence-corrected chi connectivity index (χ0v) is 18.7. The van der Waals surface area contributed by atoms with E-state index in [1.54, 1.807) is 35.1 Å². The number of hydrogen-bond acceptors (Lipinski definition) is 6. The van der Waals surface area contributed by atoms with E-state index in [0.717, 1.165) is 27.2 Å². The minimum Gasteiger partial charge on any atom is -0.365 e. The summed E-state index contributed by atoms with van der Waals surface area (Å²) in [5.74, 6) is 1.42. The molecule has 0 aliphatic rings. The van der Waals surface area contributed by atoms with Gasteiger partial charge in [0.1, 0.15) is 5.82 Å². The Hall–Kier alpha value is -3.06. The highest BCUT2D eigenvalue weighted by Gasteiger charge is 2.08. The Bertz CT molecular complexity index is 1350. The normalized spacial score (nSPS) is 11.4. The SMILES string of the molecule is Clc1ccc2c(NCc3ccncc3)nc(C=Cc3ccc(-c4cccs4)s3)nc2c1. The number of rotatable bonds is 6. The molecule has 4 nitrogen and oxygen atoms in total. The van der Waals surface area contributed by atoms with Gasteiger partial charge < -0.3 is 5.32 Å². The highest BCUT2D eigenvalue weighted by Crippen LogP contribution is 2.32. The van der Waals surface area contributed by atoms with Crippen LogP contribution in [0.1, 0.15) is 16.3 Å². The van der Waals surface area contributed by atoms with Gasteiger partial charge in [0.05, 0.1) is 5.52 Å². The molecule has 4 aromatic heterocycles. The Morgan fingerprint density at radius 2 is 1.84 bits per heavy atom. The van der Waals surface area contributed by atoms with Gasteiger partial charge in [0.2, 0.25) is 0 Å². The molecule has 1 aromatic carbocycles. The van der Waals surface area contributed by atoms with Crippen molar-refractivity contribution in [3.8, 4) is 9.75 Å². The van der Waals surface area contributed by atoms with Crippen molar-refractivity contribution < 1.29 is 0 Å². The molecular weight excluding hydrogens is 444 g/mol. The fourth-order valence-electron chi connectivity index (χ4n) is 3.17. The number of nitrogens with one attached hydrogen (secondary N) is 1. The van der Waals surface area contributed by atoms with Crippen molar-refractivity contribution in [1.29, 1.82) is 0 Å². The van der Waals surface area contributed by atoms with Gasteiger partial charge in [-0.1, -0.05) is 17.7 Å². The first-order chi connectivity index (χ1) is 15.2. The second kappa shape index (κ2) is 8.98. The van der Waals surface area contributed by atoms with E-state index in [1.807, 2.05) is 36.4 Å². The van der Waals surface area contributed by atoms with E-state index in [0.29, 0.717) is 17.4 Å². The third-order valence-corrected chi connectivity index (χ3v) is 7.02. The lowest BCUT2D eigenvalue weighted by atomic mass is 10.2. The van der Waals surface area contributed by atoms with Crippen LogP contribution < -0.4 is 5.32 Å². The number of hydrogen-bond donors (Lipinski definition) is 1. The lowest BCUT2D eigenvalue weighted by Crippen LogP contribution is -2.04. The lowest BCUT2D eigenvalue weighted by Gasteiger charge is -2.10. The molecular formula is C24H17ClN4S2. The summed E-state index contributed by atoms with van der Waals surface area (Å²) in [7, 11) is 0. The van der Waals surface area contributed by atoms with Crippen LogP contribution in [0.4, 0.5) is 5.82 Å². The maximum atomic E-state index is 6.22. The van der Waals surface area contributed by atoms with Crippen molar-refractivity contribution in [2.75, 3.05) is 5.32 Å². The van der Waals surface area contributed by atoms with E-state index < -0.39 is 0 Å². The molecule has 0 bridgehead atoms. The largest absolute Gasteiger partial charge is 0.365 e. The van der Waals surface area contributed by atoms with Crippen molar-refractivity contribution in [3.05, 3.63) is 93.7 Å². The molecule has 1 N–H and O–H groups in total. The summed E-state index contributed by atoms with van der Waals surface area (Å²) in [5.41, 5.74) is 1.94. The van der Waals surface area contributed by atoms with Gasteiger partial charge in [0.15, 0.2) is 5.82 Å². The van der Waals surface area contributed by atoms with Gasteiger partial charge in [-0.15, -0.1) is 22.7 Å². The molecule has 0 aliphatic heterocycles. The van der Waals surface area contributed by atoms with Crippen molar-refractivity contribution in [1.82, 2.24) is 15.0 Å². The van der Waals surface area contributed by atoms with Crippen molar-refractivity contribution >= 4 is 63.1 Å². The molecule has 0 amide bonds. The zero-order chi connectivity index (χ0) is 21.0. The number of benzene rings is 1. The number of aromatic nitrogens is 3. The van der Waals surface area contributed by atoms with Crippen molar-refractivity contribution in [3.63, 3.8) is 0 Å². The Balaban J connectivity index is 1.44. The smallest absolute Gasteiger partial charge is 0.155 e. The van der Waals surface area contributed by atoms with E-state index in [4.69, 9.17) is 21.6 Å². The molecule has 0 atom stereocenters. The first-order valence-corrected chi connectivity index (χ1v) is 11.7. The molecule has 0 radical (unpaired) electrons. The molecule has 0 saturated carbocycles. The monoisotopic (exact) mass is 460 g/mol. The zero-order valence-electron chi connectivity index (χ0n) is 16.3. The maximum Gasteiger partial charge on any atom is 0.155 e. The first kappa shape index (κ1) is 19.9. The standard InChI is InChI=1S/C24H17ClN4S2/c25-17-3-6-19-20(14-17)28-23(29-24(19)27-15-16-9-11-26-12-10-16)8-5-18-4-7-22(31-18)21-2-1-13-30-21/h1-14H,15H2,(H,27,28,29). The molecule has 0 aliphatic carbocycles. The molecule has 0 unspecified atom stereocenters. The third kappa shape index (κ3) is 4.66. The van der Waals surface area contributed by atoms with Crippen LogP contribution >= 0.6 is 34.3 Å². The minimum absolute atomic E-state index is 0.637. The van der Waals surface area contributed by atoms with E-state index >= 15 is 0 Å². The Kier molecular flexibility index (Phi) is 5.76. The van der Waals surface area contributed by atoms with Crippen LogP contribution in [0.25, 0.3) is 32.8 Å². The van der Waals surface area contributed by atoms with Crippen molar-refractivity contribution in [2.45, 2.75) is 6.54 Å². The summed E-state index contributed by atoms with van der Waals surface area (Å²) in [6.45, 7) is 0.648. The Labute approximate surface area is 192 Å². The molecule has 5 aromatic rings. The summed E-state index contributed by atoms with van der Waals surface area (Å²) in [4.78, 5) is 17.2. The second-order valence-electron chi connectivity index (χ2n) is 6.81. The molecule has 7 heteroatoms. The topological polar surface area (TPSA) is 50.7 Å². The quantitative estimate of drug-likeness (QED) is 0.290. The maximum absolute atomic E-state index is 6.22. The molecule has 0 fully saturated rings. The second-order valence-corrected chi connectivity index (χ2v) is 9.31. The summed E-state index contributed by atoms with van der Waals surface area (Å²) in [6.07, 6.45) is 7.57. The van der Waals surface area contributed by atoms with Crippen LogP contribution in [0, 0.1) is 0 Å². The number of thiophene rings is 2. The minimum atomic E-state index is 0.637. The van der Waals surface area contributed by atoms with Gasteiger partial charge >= 0.3 is 0 Å². The predicted molar refractivity (Wildman–Crippen MR) is 133 cm³/mol. The fourth-order valence-corrected chi connectivity index (χ4v) is 5.08. The third-order valence-electron chi connectivity index (χ3n) is 4.67. The van der Waals surface area contributed by atoms with Crippen LogP contribution in [0.15, 0.2) is 72.4 Å². The number of fused-ring (bicyclic) bond motifs is 1. The number of halogens is 1. The van der Waals surface area contributed by atoms with Crippen LogP contribution in [0.3, 0.4) is 0 Å². The van der Waals surface area contributed by atoms with Crippen LogP contribution in [-0.2, 0) is 6.54 Å². The highest BCUT2D eigenvalue weighted by molar-refractivity contribution is 7.21. The van der Waals surface area contributed by atoms with E-state index in [-0.39, 0.29) is 0 Å². The van der Waals surface area contributed by atoms with E-state index in [9.17, 15) is 0 Å². The number of nitrogens with zero attached hydrogens (tertiary/aromatic N) is 3. The molecule has 31 heavy (non-hydrogen) atoms. The van der Waals surface area contributed by atoms with Crippen LogP contribution in [0.2, 0.25) is 5.02 Å². The molecule has 0 saturated heterocycles. The van der Waals surface area contributed by atoms with Gasteiger partial charge in [-0.25, -0.2) is 9.97 Å². The average Bonchev–Trinajstić information content (AvgIpc) is 3.48. The van der Waals surface area contributed by atoms with Gasteiger partial charge in [0.25, 0.3) is 0 Å². The number of pyridine rings is 1. The van der Waals surface area contributed by atoms with Crippen molar-refractivity contribution in [2.24, 2.45) is 0 Å². The molecule has 0 spiro atoms. The molecule has 4 heterocycles. The fraction of sp³-hybridized carbons (Fsp3) is 0.0417. The van der Waals surface area contributed by atoms with Gasteiger partial charge in [-0.2, -0.15) is 0 Å². The number of anilines is 1. The van der Waals surface area contributed by atoms with Crippen LogP contribution in [-0.4, -0.2) is 15.0 Å². The predicted octanol–water partition coefficient (Wildman–Crippen LogP) is 7.25. The van der Waals surface area contributed by atoms with E-state index in [2.05, 4.69) is 46.0 Å². The summed E-state index contributed by atoms with van der Waals surface area (Å²) >= 11 is 9.72. The summed E-state index contributed by atoms with van der Waals surface area (Å²) in [5, 5.41) is 7.12.